The van der Waals surface area contributed by atoms with E-state index in [1.165, 1.54) is 0 Å². The predicted molar refractivity (Wildman–Crippen MR) is 56.1 cm³/mol. The Balaban J connectivity index is 4.28. The van der Waals surface area contributed by atoms with Gasteiger partial charge < -0.3 is 9.47 Å². The topological polar surface area (TPSA) is 47.9 Å². The van der Waals surface area contributed by atoms with Crippen LogP contribution in [0.25, 0.3) is 0 Å². The number of ether oxygens (including phenoxy) is 2. The highest BCUT2D eigenvalue weighted by Gasteiger charge is 2.37. The van der Waals surface area contributed by atoms with Crippen molar-refractivity contribution in [3.8, 4) is 0 Å². The maximum atomic E-state index is 10.5. The van der Waals surface area contributed by atoms with E-state index in [2.05, 4.69) is 12.1 Å². The number of nitrogens with zero attached hydrogens (tertiary/aromatic N) is 1. The fraction of sp³-hybridized carbons (Fsp3) is 1.00. The minimum atomic E-state index is -0.836. The molecule has 84 valence electrons. The SMILES string of the molecule is CCCCCC(OC)(OC)C(C)N=O. The lowest BCUT2D eigenvalue weighted by Gasteiger charge is -2.32. The molecule has 0 aliphatic carbocycles. The van der Waals surface area contributed by atoms with Crippen LogP contribution in [0.1, 0.15) is 39.5 Å². The molecule has 0 bridgehead atoms. The third-order valence-electron chi connectivity index (χ3n) is 2.61. The molecule has 0 spiro atoms. The molecular formula is C10H21NO3. The molecule has 1 unspecified atom stereocenters. The second-order valence-electron chi connectivity index (χ2n) is 3.46. The molecule has 0 aromatic heterocycles. The molecule has 0 saturated heterocycles. The molecule has 4 nitrogen and oxygen atoms in total. The van der Waals surface area contributed by atoms with E-state index < -0.39 is 11.8 Å². The number of unbranched alkanes of at least 4 members (excludes halogenated alkanes) is 2. The van der Waals surface area contributed by atoms with E-state index in [1.807, 2.05) is 0 Å². The summed E-state index contributed by atoms with van der Waals surface area (Å²) in [6.45, 7) is 3.84. The van der Waals surface area contributed by atoms with Crippen LogP contribution in [0.4, 0.5) is 0 Å². The van der Waals surface area contributed by atoms with Crippen LogP contribution in [0.5, 0.6) is 0 Å². The van der Waals surface area contributed by atoms with Crippen LogP contribution in [0.2, 0.25) is 0 Å². The molecular weight excluding hydrogens is 182 g/mol. The van der Waals surface area contributed by atoms with Crippen LogP contribution < -0.4 is 0 Å². The van der Waals surface area contributed by atoms with Crippen LogP contribution in [0, 0.1) is 4.91 Å². The van der Waals surface area contributed by atoms with Gasteiger partial charge in [-0.15, -0.1) is 0 Å². The van der Waals surface area contributed by atoms with Gasteiger partial charge >= 0.3 is 0 Å². The highest BCUT2D eigenvalue weighted by Crippen LogP contribution is 2.26. The van der Waals surface area contributed by atoms with E-state index in [9.17, 15) is 4.91 Å². The average Bonchev–Trinajstić information content (AvgIpc) is 2.24. The van der Waals surface area contributed by atoms with Gasteiger partial charge in [-0.3, -0.25) is 0 Å². The summed E-state index contributed by atoms with van der Waals surface area (Å²) >= 11 is 0. The molecule has 4 heteroatoms. The normalized spacial score (nSPS) is 14.0. The van der Waals surface area contributed by atoms with Gasteiger partial charge in [0.25, 0.3) is 0 Å². The summed E-state index contributed by atoms with van der Waals surface area (Å²) in [5, 5.41) is 2.98. The van der Waals surface area contributed by atoms with E-state index in [0.717, 1.165) is 19.3 Å². The van der Waals surface area contributed by atoms with Gasteiger partial charge in [0, 0.05) is 20.6 Å². The van der Waals surface area contributed by atoms with Gasteiger partial charge in [-0.25, -0.2) is 0 Å². The maximum Gasteiger partial charge on any atom is 0.193 e. The summed E-state index contributed by atoms with van der Waals surface area (Å²) in [4.78, 5) is 10.5. The molecule has 0 aliphatic rings. The molecule has 0 aliphatic heterocycles. The third kappa shape index (κ3) is 3.35. The lowest BCUT2D eigenvalue weighted by molar-refractivity contribution is -0.221. The van der Waals surface area contributed by atoms with Gasteiger partial charge in [0.1, 0.15) is 6.04 Å². The predicted octanol–water partition coefficient (Wildman–Crippen LogP) is 2.71. The van der Waals surface area contributed by atoms with Gasteiger partial charge in [0.2, 0.25) is 0 Å². The molecule has 0 aromatic carbocycles. The molecule has 0 heterocycles. The first-order valence-corrected chi connectivity index (χ1v) is 5.09. The van der Waals surface area contributed by atoms with Gasteiger partial charge in [-0.2, -0.15) is 4.91 Å². The molecule has 0 fully saturated rings. The molecule has 0 saturated carbocycles. The Bertz CT molecular complexity index is 157. The summed E-state index contributed by atoms with van der Waals surface area (Å²) in [6, 6.07) is -0.477. The Hall–Kier alpha value is -0.480. The number of hydrogen-bond donors (Lipinski definition) is 0. The lowest BCUT2D eigenvalue weighted by Crippen LogP contribution is -2.43. The first-order valence-electron chi connectivity index (χ1n) is 5.09. The third-order valence-corrected chi connectivity index (χ3v) is 2.61. The van der Waals surface area contributed by atoms with Gasteiger partial charge in [0.15, 0.2) is 5.79 Å². The van der Waals surface area contributed by atoms with E-state index in [-0.39, 0.29) is 0 Å². The summed E-state index contributed by atoms with van der Waals surface area (Å²) in [5.41, 5.74) is 0. The molecule has 14 heavy (non-hydrogen) atoms. The first kappa shape index (κ1) is 13.5. The molecule has 0 amide bonds. The Morgan fingerprint density at radius 3 is 2.21 bits per heavy atom. The van der Waals surface area contributed by atoms with Crippen molar-refractivity contribution in [2.45, 2.75) is 51.4 Å². The van der Waals surface area contributed by atoms with Gasteiger partial charge in [0.05, 0.1) is 0 Å². The van der Waals surface area contributed by atoms with E-state index >= 15 is 0 Å². The van der Waals surface area contributed by atoms with Crippen LogP contribution in [-0.2, 0) is 9.47 Å². The van der Waals surface area contributed by atoms with Crippen molar-refractivity contribution >= 4 is 0 Å². The molecule has 0 N–H and O–H groups in total. The maximum absolute atomic E-state index is 10.5. The van der Waals surface area contributed by atoms with Crippen molar-refractivity contribution in [3.63, 3.8) is 0 Å². The van der Waals surface area contributed by atoms with Crippen molar-refractivity contribution in [1.82, 2.24) is 0 Å². The van der Waals surface area contributed by atoms with Crippen LogP contribution in [0.15, 0.2) is 5.18 Å². The minimum absolute atomic E-state index is 0.477. The highest BCUT2D eigenvalue weighted by molar-refractivity contribution is 4.81. The summed E-state index contributed by atoms with van der Waals surface area (Å²) in [7, 11) is 3.11. The van der Waals surface area contributed by atoms with Crippen LogP contribution in [0.3, 0.4) is 0 Å². The summed E-state index contributed by atoms with van der Waals surface area (Å²) < 4.78 is 10.5. The standard InChI is InChI=1S/C10H21NO3/c1-5-6-7-8-10(13-3,14-4)9(2)11-12/h9H,5-8H2,1-4H3. The van der Waals surface area contributed by atoms with Crippen molar-refractivity contribution < 1.29 is 9.47 Å². The Morgan fingerprint density at radius 2 is 1.86 bits per heavy atom. The Labute approximate surface area is 85.9 Å². The second kappa shape index (κ2) is 6.90. The van der Waals surface area contributed by atoms with Crippen molar-refractivity contribution in [2.75, 3.05) is 14.2 Å². The highest BCUT2D eigenvalue weighted by atomic mass is 16.7. The van der Waals surface area contributed by atoms with E-state index in [0.29, 0.717) is 6.42 Å². The number of hydrogen-bond acceptors (Lipinski definition) is 4. The number of nitroso groups, excluding NO2 is 1. The lowest BCUT2D eigenvalue weighted by atomic mass is 10.0. The summed E-state index contributed by atoms with van der Waals surface area (Å²) in [5.74, 6) is -0.836. The fourth-order valence-corrected chi connectivity index (χ4v) is 1.54. The van der Waals surface area contributed by atoms with Crippen molar-refractivity contribution in [1.29, 1.82) is 0 Å². The monoisotopic (exact) mass is 203 g/mol. The van der Waals surface area contributed by atoms with Gasteiger partial charge in [-0.05, 0) is 13.3 Å². The fourth-order valence-electron chi connectivity index (χ4n) is 1.54. The summed E-state index contributed by atoms with van der Waals surface area (Å²) in [6.07, 6.45) is 3.94. The zero-order chi connectivity index (χ0) is 11.0. The average molecular weight is 203 g/mol. The Morgan fingerprint density at radius 1 is 1.29 bits per heavy atom. The molecule has 0 radical (unpaired) electrons. The largest absolute Gasteiger partial charge is 0.351 e. The zero-order valence-electron chi connectivity index (χ0n) is 9.58. The molecule has 1 atom stereocenters. The Kier molecular flexibility index (Phi) is 6.66. The second-order valence-corrected chi connectivity index (χ2v) is 3.46. The van der Waals surface area contributed by atoms with Crippen LogP contribution >= 0.6 is 0 Å². The molecule has 0 rings (SSSR count). The van der Waals surface area contributed by atoms with E-state index in [4.69, 9.17) is 9.47 Å². The van der Waals surface area contributed by atoms with E-state index in [1.54, 1.807) is 21.1 Å². The smallest absolute Gasteiger partial charge is 0.193 e. The van der Waals surface area contributed by atoms with Crippen molar-refractivity contribution in [2.24, 2.45) is 5.18 Å². The number of methoxy groups -OCH3 is 2. The van der Waals surface area contributed by atoms with Crippen molar-refractivity contribution in [3.05, 3.63) is 4.91 Å². The minimum Gasteiger partial charge on any atom is -0.351 e. The quantitative estimate of drug-likeness (QED) is 0.346. The number of rotatable bonds is 8. The van der Waals surface area contributed by atoms with Gasteiger partial charge in [-0.1, -0.05) is 24.9 Å². The first-order chi connectivity index (χ1) is 6.66. The van der Waals surface area contributed by atoms with Crippen LogP contribution in [-0.4, -0.2) is 26.0 Å². The molecule has 0 aromatic rings. The zero-order valence-corrected chi connectivity index (χ0v) is 9.58.